The van der Waals surface area contributed by atoms with Crippen molar-refractivity contribution in [3.05, 3.63) is 0 Å². The fraction of sp³-hybridized carbons (Fsp3) is 0.900. The van der Waals surface area contributed by atoms with Crippen molar-refractivity contribution in [3.63, 3.8) is 0 Å². The summed E-state index contributed by atoms with van der Waals surface area (Å²) in [5.74, 6) is -0.141. The van der Waals surface area contributed by atoms with Crippen molar-refractivity contribution in [2.45, 2.75) is 26.3 Å². The second-order valence-corrected chi connectivity index (χ2v) is 6.23. The van der Waals surface area contributed by atoms with Crippen LogP contribution in [0.3, 0.4) is 0 Å². The Kier molecular flexibility index (Phi) is 6.59. The lowest BCUT2D eigenvalue weighted by Crippen LogP contribution is -2.35. The third kappa shape index (κ3) is 7.64. The molecule has 0 aliphatic carbocycles. The smallest absolute Gasteiger partial charge is 0.307 e. The lowest BCUT2D eigenvalue weighted by atomic mass is 10.2. The average molecular weight is 251 g/mol. The summed E-state index contributed by atoms with van der Waals surface area (Å²) in [4.78, 5) is 13.0. The number of carbonyl (C=O) groups is 1. The SMILES string of the molecule is CCOC(=O)CC(C)N(C)CCS(C)(=O)=O. The van der Waals surface area contributed by atoms with E-state index in [1.807, 2.05) is 11.8 Å². The van der Waals surface area contributed by atoms with Gasteiger partial charge in [-0.1, -0.05) is 0 Å². The Bertz CT molecular complexity index is 313. The molecule has 0 aliphatic rings. The molecule has 0 aromatic heterocycles. The first kappa shape index (κ1) is 15.4. The summed E-state index contributed by atoms with van der Waals surface area (Å²) in [6.07, 6.45) is 1.49. The van der Waals surface area contributed by atoms with Crippen molar-refractivity contribution in [3.8, 4) is 0 Å². The average Bonchev–Trinajstić information content (AvgIpc) is 2.13. The summed E-state index contributed by atoms with van der Waals surface area (Å²) < 4.78 is 26.8. The molecule has 1 atom stereocenters. The van der Waals surface area contributed by atoms with Crippen LogP contribution in [-0.4, -0.2) is 57.5 Å². The third-order valence-corrected chi connectivity index (χ3v) is 3.26. The number of sulfone groups is 1. The quantitative estimate of drug-likeness (QED) is 0.609. The summed E-state index contributed by atoms with van der Waals surface area (Å²) in [7, 11) is -1.15. The fourth-order valence-electron chi connectivity index (χ4n) is 1.15. The van der Waals surface area contributed by atoms with Crippen molar-refractivity contribution < 1.29 is 17.9 Å². The normalized spacial score (nSPS) is 13.8. The minimum atomic E-state index is -2.95. The number of nitrogens with zero attached hydrogens (tertiary/aromatic N) is 1. The summed E-state index contributed by atoms with van der Waals surface area (Å²) in [5, 5.41) is 0. The first-order valence-corrected chi connectivity index (χ1v) is 7.36. The van der Waals surface area contributed by atoms with E-state index in [-0.39, 0.29) is 24.2 Å². The van der Waals surface area contributed by atoms with Crippen LogP contribution in [0.2, 0.25) is 0 Å². The van der Waals surface area contributed by atoms with Gasteiger partial charge >= 0.3 is 5.97 Å². The molecule has 0 saturated carbocycles. The van der Waals surface area contributed by atoms with E-state index in [9.17, 15) is 13.2 Å². The molecule has 0 fully saturated rings. The fourth-order valence-corrected chi connectivity index (χ4v) is 1.77. The van der Waals surface area contributed by atoms with Crippen molar-refractivity contribution in [1.29, 1.82) is 0 Å². The Morgan fingerprint density at radius 3 is 2.44 bits per heavy atom. The van der Waals surface area contributed by atoms with Crippen molar-refractivity contribution in [2.24, 2.45) is 0 Å². The van der Waals surface area contributed by atoms with Crippen LogP contribution >= 0.6 is 0 Å². The summed E-state index contributed by atoms with van der Waals surface area (Å²) in [5.41, 5.74) is 0. The molecule has 96 valence electrons. The van der Waals surface area contributed by atoms with Crippen molar-refractivity contribution in [2.75, 3.05) is 32.2 Å². The van der Waals surface area contributed by atoms with Crippen LogP contribution in [0.5, 0.6) is 0 Å². The molecule has 0 spiro atoms. The van der Waals surface area contributed by atoms with Gasteiger partial charge in [-0.3, -0.25) is 4.79 Å². The molecular weight excluding hydrogens is 230 g/mol. The van der Waals surface area contributed by atoms with E-state index < -0.39 is 9.84 Å². The Labute approximate surface area is 97.7 Å². The number of esters is 1. The minimum absolute atomic E-state index is 0.0131. The Morgan fingerprint density at radius 1 is 1.44 bits per heavy atom. The number of ether oxygens (including phenoxy) is 1. The van der Waals surface area contributed by atoms with Gasteiger partial charge in [0, 0.05) is 18.8 Å². The first-order valence-electron chi connectivity index (χ1n) is 5.30. The van der Waals surface area contributed by atoms with E-state index in [1.165, 1.54) is 6.26 Å². The Balaban J connectivity index is 3.99. The highest BCUT2D eigenvalue weighted by molar-refractivity contribution is 7.90. The summed E-state index contributed by atoms with van der Waals surface area (Å²) >= 11 is 0. The second-order valence-electron chi connectivity index (χ2n) is 3.97. The first-order chi connectivity index (χ1) is 7.26. The van der Waals surface area contributed by atoms with E-state index in [1.54, 1.807) is 14.0 Å². The largest absolute Gasteiger partial charge is 0.466 e. The highest BCUT2D eigenvalue weighted by Gasteiger charge is 2.15. The predicted octanol–water partition coefficient (Wildman–Crippen LogP) is 0.305. The summed E-state index contributed by atoms with van der Waals surface area (Å²) in [6.45, 7) is 4.44. The maximum atomic E-state index is 11.2. The minimum Gasteiger partial charge on any atom is -0.466 e. The zero-order valence-corrected chi connectivity index (χ0v) is 11.2. The van der Waals surface area contributed by atoms with Crippen LogP contribution in [0.25, 0.3) is 0 Å². The molecule has 0 heterocycles. The van der Waals surface area contributed by atoms with Crippen LogP contribution in [0.4, 0.5) is 0 Å². The van der Waals surface area contributed by atoms with Gasteiger partial charge in [-0.25, -0.2) is 8.42 Å². The molecule has 0 aliphatic heterocycles. The van der Waals surface area contributed by atoms with Gasteiger partial charge in [-0.15, -0.1) is 0 Å². The maximum absolute atomic E-state index is 11.2. The van der Waals surface area contributed by atoms with E-state index >= 15 is 0 Å². The van der Waals surface area contributed by atoms with E-state index in [0.29, 0.717) is 13.2 Å². The highest BCUT2D eigenvalue weighted by atomic mass is 32.2. The zero-order chi connectivity index (χ0) is 12.8. The molecular formula is C10H21NO4S. The van der Waals surface area contributed by atoms with Crippen molar-refractivity contribution >= 4 is 15.8 Å². The molecule has 5 nitrogen and oxygen atoms in total. The molecule has 16 heavy (non-hydrogen) atoms. The number of hydrogen-bond donors (Lipinski definition) is 0. The molecule has 0 amide bonds. The molecule has 6 heteroatoms. The molecule has 0 saturated heterocycles. The summed E-state index contributed by atoms with van der Waals surface area (Å²) in [6, 6.07) is -0.0131. The van der Waals surface area contributed by atoms with Gasteiger partial charge in [0.1, 0.15) is 9.84 Å². The van der Waals surface area contributed by atoms with E-state index in [0.717, 1.165) is 0 Å². The standard InChI is InChI=1S/C10H21NO4S/c1-5-15-10(12)8-9(2)11(3)6-7-16(4,13)14/h9H,5-8H2,1-4H3. The van der Waals surface area contributed by atoms with Gasteiger partial charge in [-0.05, 0) is 20.9 Å². The van der Waals surface area contributed by atoms with Crippen LogP contribution in [0, 0.1) is 0 Å². The lowest BCUT2D eigenvalue weighted by molar-refractivity contribution is -0.144. The van der Waals surface area contributed by atoms with Crippen LogP contribution < -0.4 is 0 Å². The number of hydrogen-bond acceptors (Lipinski definition) is 5. The predicted molar refractivity (Wildman–Crippen MR) is 63.1 cm³/mol. The Morgan fingerprint density at radius 2 is 2.00 bits per heavy atom. The van der Waals surface area contributed by atoms with E-state index in [2.05, 4.69) is 0 Å². The van der Waals surface area contributed by atoms with Gasteiger partial charge in [0.2, 0.25) is 0 Å². The molecule has 0 aromatic rings. The van der Waals surface area contributed by atoms with E-state index in [4.69, 9.17) is 4.74 Å². The molecule has 0 rings (SSSR count). The highest BCUT2D eigenvalue weighted by Crippen LogP contribution is 2.03. The number of rotatable bonds is 7. The van der Waals surface area contributed by atoms with Gasteiger partial charge in [0.05, 0.1) is 18.8 Å². The topological polar surface area (TPSA) is 63.7 Å². The van der Waals surface area contributed by atoms with Crippen molar-refractivity contribution in [1.82, 2.24) is 4.90 Å². The molecule has 1 unspecified atom stereocenters. The number of carbonyl (C=O) groups excluding carboxylic acids is 1. The molecule has 0 N–H and O–H groups in total. The van der Waals surface area contributed by atoms with Gasteiger partial charge in [-0.2, -0.15) is 0 Å². The van der Waals surface area contributed by atoms with Crippen LogP contribution in [0.1, 0.15) is 20.3 Å². The zero-order valence-electron chi connectivity index (χ0n) is 10.4. The monoisotopic (exact) mass is 251 g/mol. The third-order valence-electron chi connectivity index (χ3n) is 2.33. The second kappa shape index (κ2) is 6.85. The molecule has 0 aromatic carbocycles. The Hall–Kier alpha value is -0.620. The van der Waals surface area contributed by atoms with Gasteiger partial charge < -0.3 is 9.64 Å². The molecule has 0 bridgehead atoms. The maximum Gasteiger partial charge on any atom is 0.307 e. The van der Waals surface area contributed by atoms with Crippen LogP contribution in [0.15, 0.2) is 0 Å². The van der Waals surface area contributed by atoms with Gasteiger partial charge in [0.15, 0.2) is 0 Å². The van der Waals surface area contributed by atoms with Crippen LogP contribution in [-0.2, 0) is 19.4 Å². The molecule has 0 radical (unpaired) electrons. The van der Waals surface area contributed by atoms with Gasteiger partial charge in [0.25, 0.3) is 0 Å². The lowest BCUT2D eigenvalue weighted by Gasteiger charge is -2.23.